The fourth-order valence-electron chi connectivity index (χ4n) is 3.84. The molecule has 3 heterocycles. The number of hydrogen-bond donors (Lipinski definition) is 1. The van der Waals surface area contributed by atoms with Crippen LogP contribution in [0, 0.1) is 6.92 Å². The summed E-state index contributed by atoms with van der Waals surface area (Å²) in [5, 5.41) is 2.87. The van der Waals surface area contributed by atoms with Crippen molar-refractivity contribution in [2.24, 2.45) is 0 Å². The number of oxazole rings is 1. The number of nitrogens with one attached hydrogen (secondary N) is 1. The van der Waals surface area contributed by atoms with Gasteiger partial charge in [-0.3, -0.25) is 18.9 Å². The summed E-state index contributed by atoms with van der Waals surface area (Å²) in [6, 6.07) is 6.70. The smallest absolute Gasteiger partial charge is 0.365 e. The number of hydrogen-bond acceptors (Lipinski definition) is 12. The number of nitrogens with zero attached hydrogens (tertiary/aromatic N) is 3. The Balaban J connectivity index is 1.76. The molecule has 3 aromatic heterocycles. The fourth-order valence-corrected chi connectivity index (χ4v) is 8.76. The molecule has 0 saturated heterocycles. The zero-order valence-electron chi connectivity index (χ0n) is 23.4. The third-order valence-corrected chi connectivity index (χ3v) is 11.2. The lowest BCUT2D eigenvalue weighted by atomic mass is 10.1. The molecule has 3 aromatic rings. The second kappa shape index (κ2) is 14.8. The third-order valence-electron chi connectivity index (χ3n) is 5.61. The van der Waals surface area contributed by atoms with E-state index < -0.39 is 20.7 Å². The topological polar surface area (TPSA) is 152 Å². The highest BCUT2D eigenvalue weighted by Gasteiger charge is 2.51. The molecule has 0 unspecified atom stereocenters. The van der Waals surface area contributed by atoms with Gasteiger partial charge in [0.2, 0.25) is 11.4 Å². The maximum absolute atomic E-state index is 13.7. The predicted molar refractivity (Wildman–Crippen MR) is 150 cm³/mol. The van der Waals surface area contributed by atoms with Crippen molar-refractivity contribution in [1.29, 1.82) is 0 Å². The van der Waals surface area contributed by atoms with Gasteiger partial charge in [0.25, 0.3) is 0 Å². The molecule has 0 aliphatic heterocycles. The van der Waals surface area contributed by atoms with Crippen molar-refractivity contribution >= 4 is 26.8 Å². The first-order valence-corrected chi connectivity index (χ1v) is 16.3. The van der Waals surface area contributed by atoms with E-state index in [4.69, 9.17) is 22.5 Å². The number of rotatable bonds is 17. The van der Waals surface area contributed by atoms with Gasteiger partial charge in [-0.2, -0.15) is 0 Å². The SMILES string of the molecule is CCOP(=O)(OCC)C(Nc1ccc(C(=O)CCc2nc(-c3ccncc3)oc2C)cn1)P(=O)(OCC)OCC. The molecule has 40 heavy (non-hydrogen) atoms. The van der Waals surface area contributed by atoms with E-state index in [1.165, 1.54) is 12.3 Å². The molecule has 1 N–H and O–H groups in total. The average molecular weight is 595 g/mol. The van der Waals surface area contributed by atoms with Crippen molar-refractivity contribution in [2.45, 2.75) is 53.0 Å². The Morgan fingerprint density at radius 1 is 0.925 bits per heavy atom. The highest BCUT2D eigenvalue weighted by molar-refractivity contribution is 7.72. The summed E-state index contributed by atoms with van der Waals surface area (Å²) in [6.07, 6.45) is 5.28. The molecular weight excluding hydrogens is 558 g/mol. The summed E-state index contributed by atoms with van der Waals surface area (Å²) in [5.74, 6) is 1.16. The first kappa shape index (κ1) is 31.8. The second-order valence-electron chi connectivity index (χ2n) is 8.38. The number of pyridine rings is 2. The van der Waals surface area contributed by atoms with Gasteiger partial charge in [0, 0.05) is 42.6 Å². The molecule has 14 heteroatoms. The van der Waals surface area contributed by atoms with E-state index in [2.05, 4.69) is 20.3 Å². The normalized spacial score (nSPS) is 12.2. The van der Waals surface area contributed by atoms with Gasteiger partial charge in [-0.15, -0.1) is 0 Å². The summed E-state index contributed by atoms with van der Waals surface area (Å²) in [4.78, 5) is 25.7. The molecule has 218 valence electrons. The van der Waals surface area contributed by atoms with Crippen LogP contribution in [-0.2, 0) is 33.6 Å². The first-order valence-electron chi connectivity index (χ1n) is 13.1. The van der Waals surface area contributed by atoms with Gasteiger partial charge in [-0.1, -0.05) is 0 Å². The zero-order valence-corrected chi connectivity index (χ0v) is 25.2. The molecule has 0 spiro atoms. The lowest BCUT2D eigenvalue weighted by Crippen LogP contribution is -2.26. The number of carbonyl (C=O) groups is 1. The Hall–Kier alpha value is -2.72. The molecule has 3 rings (SSSR count). The van der Waals surface area contributed by atoms with Crippen LogP contribution in [0.25, 0.3) is 11.5 Å². The van der Waals surface area contributed by atoms with Crippen LogP contribution >= 0.6 is 15.2 Å². The lowest BCUT2D eigenvalue weighted by Gasteiger charge is -2.31. The van der Waals surface area contributed by atoms with Gasteiger partial charge >= 0.3 is 15.2 Å². The van der Waals surface area contributed by atoms with Gasteiger partial charge in [-0.25, -0.2) is 9.97 Å². The van der Waals surface area contributed by atoms with E-state index in [1.807, 2.05) is 6.92 Å². The number of aryl methyl sites for hydroxylation is 2. The average Bonchev–Trinajstić information content (AvgIpc) is 3.32. The van der Waals surface area contributed by atoms with E-state index in [1.54, 1.807) is 58.3 Å². The van der Waals surface area contributed by atoms with Crippen LogP contribution in [0.4, 0.5) is 5.82 Å². The van der Waals surface area contributed by atoms with Crippen LogP contribution in [-0.4, -0.2) is 52.7 Å². The molecular formula is C26H36N4O8P2. The first-order chi connectivity index (χ1) is 19.2. The van der Waals surface area contributed by atoms with Gasteiger partial charge in [0.05, 0.1) is 32.1 Å². The molecule has 0 atom stereocenters. The van der Waals surface area contributed by atoms with E-state index in [0.29, 0.717) is 29.3 Å². The summed E-state index contributed by atoms with van der Waals surface area (Å²) < 4.78 is 55.0. The van der Waals surface area contributed by atoms with Gasteiger partial charge < -0.3 is 27.8 Å². The molecule has 0 aliphatic carbocycles. The van der Waals surface area contributed by atoms with Crippen LogP contribution in [0.5, 0.6) is 0 Å². The van der Waals surface area contributed by atoms with Gasteiger partial charge in [-0.05, 0) is 58.9 Å². The maximum atomic E-state index is 13.7. The monoisotopic (exact) mass is 594 g/mol. The zero-order chi connectivity index (χ0) is 29.2. The Morgan fingerprint density at radius 2 is 1.50 bits per heavy atom. The molecule has 0 aliphatic rings. The minimum Gasteiger partial charge on any atom is -0.441 e. The quantitative estimate of drug-likeness (QED) is 0.134. The van der Waals surface area contributed by atoms with Crippen LogP contribution in [0.1, 0.15) is 55.9 Å². The summed E-state index contributed by atoms with van der Waals surface area (Å²) >= 11 is 0. The standard InChI is InChI=1S/C26H36N4O8P2/c1-6-34-39(32,35-7-2)26(40(33,36-8-3)37-9-4)30-24-13-10-21(18-28-24)23(31)12-11-22-19(5)38-25(29-22)20-14-16-27-17-15-20/h10,13-18,26H,6-9,11-12H2,1-5H3,(H,28,30). The van der Waals surface area contributed by atoms with E-state index in [9.17, 15) is 13.9 Å². The van der Waals surface area contributed by atoms with E-state index in [0.717, 1.165) is 5.56 Å². The van der Waals surface area contributed by atoms with Crippen LogP contribution in [0.2, 0.25) is 0 Å². The van der Waals surface area contributed by atoms with Crippen LogP contribution in [0.3, 0.4) is 0 Å². The molecule has 0 aromatic carbocycles. The summed E-state index contributed by atoms with van der Waals surface area (Å²) in [5.41, 5.74) is 0.393. The van der Waals surface area contributed by atoms with Gasteiger partial charge in [0.1, 0.15) is 11.6 Å². The summed E-state index contributed by atoms with van der Waals surface area (Å²) in [6.45, 7) is 8.58. The molecule has 0 amide bonds. The van der Waals surface area contributed by atoms with Crippen molar-refractivity contribution in [1.82, 2.24) is 15.0 Å². The highest BCUT2D eigenvalue weighted by Crippen LogP contribution is 2.70. The number of carbonyl (C=O) groups excluding carboxylic acids is 1. The van der Waals surface area contributed by atoms with Gasteiger partial charge in [0.15, 0.2) is 5.78 Å². The van der Waals surface area contributed by atoms with E-state index in [-0.39, 0.29) is 44.4 Å². The predicted octanol–water partition coefficient (Wildman–Crippen LogP) is 6.48. The van der Waals surface area contributed by atoms with Crippen molar-refractivity contribution < 1.29 is 36.4 Å². The number of anilines is 1. The van der Waals surface area contributed by atoms with Crippen molar-refractivity contribution in [3.8, 4) is 11.5 Å². The Morgan fingerprint density at radius 3 is 2.00 bits per heavy atom. The molecule has 0 bridgehead atoms. The molecule has 12 nitrogen and oxygen atoms in total. The second-order valence-corrected chi connectivity index (χ2v) is 13.0. The minimum atomic E-state index is -4.03. The van der Waals surface area contributed by atoms with Crippen LogP contribution in [0.15, 0.2) is 47.3 Å². The summed E-state index contributed by atoms with van der Waals surface area (Å²) in [7, 11) is -8.05. The number of ketones is 1. The number of aromatic nitrogens is 3. The maximum Gasteiger partial charge on any atom is 0.365 e. The van der Waals surface area contributed by atoms with Crippen LogP contribution < -0.4 is 5.32 Å². The van der Waals surface area contributed by atoms with Crippen molar-refractivity contribution in [2.75, 3.05) is 31.7 Å². The van der Waals surface area contributed by atoms with Crippen molar-refractivity contribution in [3.05, 3.63) is 59.9 Å². The van der Waals surface area contributed by atoms with E-state index >= 15 is 0 Å². The highest BCUT2D eigenvalue weighted by atomic mass is 31.2. The van der Waals surface area contributed by atoms with Crippen molar-refractivity contribution in [3.63, 3.8) is 0 Å². The fraction of sp³-hybridized carbons (Fsp3) is 0.462. The Kier molecular flexibility index (Phi) is 11.7. The third kappa shape index (κ3) is 7.94. The molecule has 0 saturated carbocycles. The number of Topliss-reactive ketones (excluding diaryl/α,β-unsaturated/α-hetero) is 1. The minimum absolute atomic E-state index is 0.0453. The Labute approximate surface area is 234 Å². The lowest BCUT2D eigenvalue weighted by molar-refractivity contribution is 0.0982. The molecule has 0 radical (unpaired) electrons. The largest absolute Gasteiger partial charge is 0.441 e. The molecule has 0 fully saturated rings. The Bertz CT molecular complexity index is 1280.